The lowest BCUT2D eigenvalue weighted by Gasteiger charge is -2.21. The standard InChI is InChI=1S/C17H20FNO2/c1-11(13-4-7-15(21-3)8-5-13)19-12(2)16-9-6-14(18)10-17(16)20/h4-12,19-20H,1-3H3/t11-,12?/m0/s1. The summed E-state index contributed by atoms with van der Waals surface area (Å²) in [5, 5.41) is 13.2. The largest absolute Gasteiger partial charge is 0.508 e. The predicted molar refractivity (Wildman–Crippen MR) is 81.0 cm³/mol. The molecule has 4 heteroatoms. The molecular formula is C17H20FNO2. The van der Waals surface area contributed by atoms with E-state index in [0.29, 0.717) is 5.56 Å². The van der Waals surface area contributed by atoms with Crippen LogP contribution in [-0.4, -0.2) is 12.2 Å². The van der Waals surface area contributed by atoms with Gasteiger partial charge in [0.15, 0.2) is 0 Å². The van der Waals surface area contributed by atoms with Gasteiger partial charge in [-0.25, -0.2) is 4.39 Å². The number of aromatic hydroxyl groups is 1. The summed E-state index contributed by atoms with van der Waals surface area (Å²) in [7, 11) is 1.63. The molecule has 1 unspecified atom stereocenters. The topological polar surface area (TPSA) is 41.5 Å². The molecule has 0 heterocycles. The molecule has 0 saturated carbocycles. The molecule has 2 rings (SSSR count). The Morgan fingerprint density at radius 1 is 1.05 bits per heavy atom. The third kappa shape index (κ3) is 3.73. The Morgan fingerprint density at radius 3 is 2.29 bits per heavy atom. The fraction of sp³-hybridized carbons (Fsp3) is 0.294. The second-order valence-corrected chi connectivity index (χ2v) is 5.09. The van der Waals surface area contributed by atoms with Crippen molar-refractivity contribution in [2.24, 2.45) is 0 Å². The molecule has 0 saturated heterocycles. The molecule has 0 fully saturated rings. The molecule has 0 spiro atoms. The monoisotopic (exact) mass is 289 g/mol. The molecule has 2 aromatic rings. The molecule has 0 amide bonds. The van der Waals surface area contributed by atoms with E-state index in [1.807, 2.05) is 38.1 Å². The Labute approximate surface area is 124 Å². The van der Waals surface area contributed by atoms with Crippen molar-refractivity contribution in [2.45, 2.75) is 25.9 Å². The molecule has 0 aromatic heterocycles. The number of hydrogen-bond acceptors (Lipinski definition) is 3. The van der Waals surface area contributed by atoms with Crippen LogP contribution in [0, 0.1) is 5.82 Å². The number of ether oxygens (including phenoxy) is 1. The van der Waals surface area contributed by atoms with Gasteiger partial charge in [-0.2, -0.15) is 0 Å². The number of nitrogens with one attached hydrogen (secondary N) is 1. The normalized spacial score (nSPS) is 13.7. The van der Waals surface area contributed by atoms with Crippen LogP contribution in [0.5, 0.6) is 11.5 Å². The van der Waals surface area contributed by atoms with Crippen molar-refractivity contribution in [3.05, 3.63) is 59.4 Å². The zero-order valence-corrected chi connectivity index (χ0v) is 12.4. The highest BCUT2D eigenvalue weighted by Gasteiger charge is 2.14. The Bertz CT molecular complexity index is 598. The summed E-state index contributed by atoms with van der Waals surface area (Å²) >= 11 is 0. The number of halogens is 1. The van der Waals surface area contributed by atoms with Crippen molar-refractivity contribution in [1.29, 1.82) is 0 Å². The van der Waals surface area contributed by atoms with Crippen molar-refractivity contribution >= 4 is 0 Å². The lowest BCUT2D eigenvalue weighted by atomic mass is 10.0. The summed E-state index contributed by atoms with van der Waals surface area (Å²) < 4.78 is 18.2. The fourth-order valence-electron chi connectivity index (χ4n) is 2.34. The third-order valence-corrected chi connectivity index (χ3v) is 3.57. The second kappa shape index (κ2) is 6.59. The van der Waals surface area contributed by atoms with Crippen LogP contribution in [0.3, 0.4) is 0 Å². The van der Waals surface area contributed by atoms with E-state index >= 15 is 0 Å². The maximum atomic E-state index is 13.0. The van der Waals surface area contributed by atoms with Crippen LogP contribution < -0.4 is 10.1 Å². The van der Waals surface area contributed by atoms with E-state index < -0.39 is 5.82 Å². The van der Waals surface area contributed by atoms with Crippen molar-refractivity contribution in [2.75, 3.05) is 7.11 Å². The van der Waals surface area contributed by atoms with E-state index in [0.717, 1.165) is 17.4 Å². The maximum Gasteiger partial charge on any atom is 0.126 e. The van der Waals surface area contributed by atoms with Crippen molar-refractivity contribution in [3.8, 4) is 11.5 Å². The molecule has 0 aliphatic rings. The summed E-state index contributed by atoms with van der Waals surface area (Å²) in [6.07, 6.45) is 0. The van der Waals surface area contributed by atoms with Gasteiger partial charge < -0.3 is 15.2 Å². The van der Waals surface area contributed by atoms with Gasteiger partial charge in [0, 0.05) is 23.7 Å². The number of methoxy groups -OCH3 is 1. The molecule has 2 N–H and O–H groups in total. The van der Waals surface area contributed by atoms with Gasteiger partial charge in [0.05, 0.1) is 7.11 Å². The van der Waals surface area contributed by atoms with Crippen LogP contribution >= 0.6 is 0 Å². The van der Waals surface area contributed by atoms with Gasteiger partial charge in [0.2, 0.25) is 0 Å². The van der Waals surface area contributed by atoms with Gasteiger partial charge in [-0.15, -0.1) is 0 Å². The number of phenolic OH excluding ortho intramolecular Hbond substituents is 1. The highest BCUT2D eigenvalue weighted by Crippen LogP contribution is 2.27. The summed E-state index contributed by atoms with van der Waals surface area (Å²) in [4.78, 5) is 0. The van der Waals surface area contributed by atoms with E-state index in [1.54, 1.807) is 13.2 Å². The van der Waals surface area contributed by atoms with Gasteiger partial charge in [-0.1, -0.05) is 18.2 Å². The van der Waals surface area contributed by atoms with E-state index in [2.05, 4.69) is 5.32 Å². The van der Waals surface area contributed by atoms with Crippen molar-refractivity contribution in [1.82, 2.24) is 5.32 Å². The van der Waals surface area contributed by atoms with Crippen LogP contribution in [-0.2, 0) is 0 Å². The minimum atomic E-state index is -0.438. The summed E-state index contributed by atoms with van der Waals surface area (Å²) in [5.41, 5.74) is 1.79. The number of hydrogen-bond donors (Lipinski definition) is 2. The first-order valence-corrected chi connectivity index (χ1v) is 6.89. The molecule has 0 radical (unpaired) electrons. The zero-order chi connectivity index (χ0) is 15.4. The lowest BCUT2D eigenvalue weighted by molar-refractivity contribution is 0.413. The van der Waals surface area contributed by atoms with Crippen LogP contribution in [0.1, 0.15) is 37.1 Å². The van der Waals surface area contributed by atoms with Gasteiger partial charge in [0.25, 0.3) is 0 Å². The maximum absolute atomic E-state index is 13.0. The average molecular weight is 289 g/mol. The van der Waals surface area contributed by atoms with Crippen molar-refractivity contribution < 1.29 is 14.2 Å². The first kappa shape index (κ1) is 15.3. The highest BCUT2D eigenvalue weighted by molar-refractivity contribution is 5.35. The van der Waals surface area contributed by atoms with Gasteiger partial charge in [-0.05, 0) is 37.6 Å². The molecule has 3 nitrogen and oxygen atoms in total. The Morgan fingerprint density at radius 2 is 1.71 bits per heavy atom. The zero-order valence-electron chi connectivity index (χ0n) is 12.4. The van der Waals surface area contributed by atoms with Crippen LogP contribution in [0.25, 0.3) is 0 Å². The van der Waals surface area contributed by atoms with Crippen molar-refractivity contribution in [3.63, 3.8) is 0 Å². The fourth-order valence-corrected chi connectivity index (χ4v) is 2.34. The predicted octanol–water partition coefficient (Wildman–Crippen LogP) is 3.95. The summed E-state index contributed by atoms with van der Waals surface area (Å²) in [6.45, 7) is 3.98. The van der Waals surface area contributed by atoms with Gasteiger partial charge >= 0.3 is 0 Å². The van der Waals surface area contributed by atoms with Gasteiger partial charge in [-0.3, -0.25) is 0 Å². The molecule has 0 aliphatic carbocycles. The first-order valence-electron chi connectivity index (χ1n) is 6.89. The average Bonchev–Trinajstić information content (AvgIpc) is 2.47. The number of rotatable bonds is 5. The molecule has 2 atom stereocenters. The SMILES string of the molecule is COc1ccc([C@H](C)NC(C)c2ccc(F)cc2O)cc1. The Hall–Kier alpha value is -2.07. The van der Waals surface area contributed by atoms with Crippen LogP contribution in [0.2, 0.25) is 0 Å². The molecule has 21 heavy (non-hydrogen) atoms. The quantitative estimate of drug-likeness (QED) is 0.875. The number of phenols is 1. The lowest BCUT2D eigenvalue weighted by Crippen LogP contribution is -2.22. The molecule has 0 bridgehead atoms. The molecule has 112 valence electrons. The van der Waals surface area contributed by atoms with Gasteiger partial charge in [0.1, 0.15) is 17.3 Å². The summed E-state index contributed by atoms with van der Waals surface area (Å²) in [5.74, 6) is 0.346. The second-order valence-electron chi connectivity index (χ2n) is 5.09. The van der Waals surface area contributed by atoms with Crippen LogP contribution in [0.15, 0.2) is 42.5 Å². The minimum absolute atomic E-state index is 0.0306. The van der Waals surface area contributed by atoms with E-state index in [-0.39, 0.29) is 17.8 Å². The third-order valence-electron chi connectivity index (χ3n) is 3.57. The number of benzene rings is 2. The molecule has 0 aliphatic heterocycles. The van der Waals surface area contributed by atoms with E-state index in [1.165, 1.54) is 6.07 Å². The molecule has 2 aromatic carbocycles. The smallest absolute Gasteiger partial charge is 0.126 e. The van der Waals surface area contributed by atoms with E-state index in [9.17, 15) is 9.50 Å². The first-order chi connectivity index (χ1) is 10.0. The Balaban J connectivity index is 2.08. The molecular weight excluding hydrogens is 269 g/mol. The minimum Gasteiger partial charge on any atom is -0.508 e. The highest BCUT2D eigenvalue weighted by atomic mass is 19.1. The van der Waals surface area contributed by atoms with E-state index in [4.69, 9.17) is 4.74 Å². The Kier molecular flexibility index (Phi) is 4.81. The summed E-state index contributed by atoms with van der Waals surface area (Å²) in [6, 6.07) is 11.9. The van der Waals surface area contributed by atoms with Crippen LogP contribution in [0.4, 0.5) is 4.39 Å².